The highest BCUT2D eigenvalue weighted by Gasteiger charge is 2.12. The Morgan fingerprint density at radius 2 is 2.00 bits per heavy atom. The minimum Gasteiger partial charge on any atom is -0.453 e. The van der Waals surface area contributed by atoms with E-state index in [9.17, 15) is 9.50 Å². The van der Waals surface area contributed by atoms with Crippen LogP contribution in [0.25, 0.3) is 0 Å². The zero-order chi connectivity index (χ0) is 21.3. The van der Waals surface area contributed by atoms with Gasteiger partial charge in [-0.25, -0.2) is 14.4 Å². The third-order valence-electron chi connectivity index (χ3n) is 3.81. The fourth-order valence-corrected chi connectivity index (χ4v) is 3.19. The first-order valence-corrected chi connectivity index (χ1v) is 9.92. The van der Waals surface area contributed by atoms with Crippen molar-refractivity contribution in [2.24, 2.45) is 0 Å². The Morgan fingerprint density at radius 1 is 1.20 bits per heavy atom. The van der Waals surface area contributed by atoms with Crippen molar-refractivity contribution in [3.8, 4) is 17.6 Å². The molecule has 3 aromatic rings. The van der Waals surface area contributed by atoms with Gasteiger partial charge in [-0.05, 0) is 42.5 Å². The lowest BCUT2D eigenvalue weighted by molar-refractivity contribution is 0.0794. The molecule has 2 N–H and O–H groups in total. The Labute approximate surface area is 177 Å². The molecule has 7 nitrogen and oxygen atoms in total. The molecule has 0 aliphatic heterocycles. The largest absolute Gasteiger partial charge is 0.453 e. The Balaban J connectivity index is 1.83. The number of aromatic nitrogens is 2. The van der Waals surface area contributed by atoms with Gasteiger partial charge < -0.3 is 19.9 Å². The van der Waals surface area contributed by atoms with Gasteiger partial charge in [0.25, 0.3) is 0 Å². The average molecular weight is 426 g/mol. The normalized spacial score (nSPS) is 11.5. The summed E-state index contributed by atoms with van der Waals surface area (Å²) >= 11 is 1.40. The number of anilines is 2. The van der Waals surface area contributed by atoms with Crippen molar-refractivity contribution < 1.29 is 19.0 Å². The van der Waals surface area contributed by atoms with Crippen LogP contribution in [0, 0.1) is 17.1 Å². The lowest BCUT2D eigenvalue weighted by atomic mass is 10.3. The molecule has 1 unspecified atom stereocenters. The molecular formula is C21H19FN4O3S. The molecular weight excluding hydrogens is 407 g/mol. The highest BCUT2D eigenvalue weighted by atomic mass is 32.2. The molecule has 0 aliphatic rings. The lowest BCUT2D eigenvalue weighted by Gasteiger charge is -2.14. The average Bonchev–Trinajstić information content (AvgIpc) is 2.76. The summed E-state index contributed by atoms with van der Waals surface area (Å²) in [5, 5.41) is 21.8. The van der Waals surface area contributed by atoms with Crippen LogP contribution < -0.4 is 10.1 Å². The van der Waals surface area contributed by atoms with Crippen molar-refractivity contribution in [2.75, 3.05) is 24.8 Å². The molecule has 1 atom stereocenters. The van der Waals surface area contributed by atoms with E-state index in [1.807, 2.05) is 6.07 Å². The van der Waals surface area contributed by atoms with Gasteiger partial charge in [-0.1, -0.05) is 0 Å². The maximum atomic E-state index is 13.2. The maximum absolute atomic E-state index is 13.2. The number of hydrogen-bond donors (Lipinski definition) is 2. The monoisotopic (exact) mass is 426 g/mol. The Morgan fingerprint density at radius 3 is 2.67 bits per heavy atom. The smallest absolute Gasteiger partial charge is 0.175 e. The van der Waals surface area contributed by atoms with Gasteiger partial charge in [-0.2, -0.15) is 5.26 Å². The van der Waals surface area contributed by atoms with E-state index >= 15 is 0 Å². The molecule has 1 aromatic carbocycles. The maximum Gasteiger partial charge on any atom is 0.175 e. The summed E-state index contributed by atoms with van der Waals surface area (Å²) < 4.78 is 24.0. The zero-order valence-corrected chi connectivity index (χ0v) is 16.9. The van der Waals surface area contributed by atoms with Crippen LogP contribution in [-0.2, 0) is 4.74 Å². The second-order valence-corrected chi connectivity index (χ2v) is 7.26. The highest BCUT2D eigenvalue weighted by molar-refractivity contribution is 7.99. The van der Waals surface area contributed by atoms with E-state index < -0.39 is 6.10 Å². The van der Waals surface area contributed by atoms with Gasteiger partial charge in [0, 0.05) is 30.2 Å². The van der Waals surface area contributed by atoms with Gasteiger partial charge in [0.05, 0.1) is 18.3 Å². The number of benzene rings is 1. The van der Waals surface area contributed by atoms with E-state index in [2.05, 4.69) is 15.3 Å². The third kappa shape index (κ3) is 6.15. The van der Waals surface area contributed by atoms with Crippen molar-refractivity contribution >= 4 is 23.4 Å². The fraction of sp³-hybridized carbons (Fsp3) is 0.190. The van der Waals surface area contributed by atoms with Gasteiger partial charge in [0.1, 0.15) is 23.5 Å². The number of aliphatic hydroxyl groups excluding tert-OH is 1. The van der Waals surface area contributed by atoms with Crippen molar-refractivity contribution in [3.63, 3.8) is 0 Å². The number of pyridine rings is 2. The first-order chi connectivity index (χ1) is 14.6. The Bertz CT molecular complexity index is 1010. The number of hydrogen-bond acceptors (Lipinski definition) is 8. The van der Waals surface area contributed by atoms with Crippen LogP contribution in [0.2, 0.25) is 0 Å². The first kappa shape index (κ1) is 21.5. The van der Waals surface area contributed by atoms with Gasteiger partial charge in [-0.15, -0.1) is 11.8 Å². The number of methoxy groups -OCH3 is 1. The summed E-state index contributed by atoms with van der Waals surface area (Å²) in [6, 6.07) is 12.7. The van der Waals surface area contributed by atoms with Crippen LogP contribution in [0.1, 0.15) is 5.56 Å². The highest BCUT2D eigenvalue weighted by Crippen LogP contribution is 2.33. The Hall–Kier alpha value is -3.19. The van der Waals surface area contributed by atoms with Crippen LogP contribution in [0.5, 0.6) is 11.5 Å². The van der Waals surface area contributed by atoms with Crippen LogP contribution in [0.3, 0.4) is 0 Å². The van der Waals surface area contributed by atoms with E-state index in [4.69, 9.17) is 14.7 Å². The second kappa shape index (κ2) is 10.5. The third-order valence-corrected chi connectivity index (χ3v) is 4.92. The summed E-state index contributed by atoms with van der Waals surface area (Å²) in [5.74, 6) is 1.79. The molecule has 2 aromatic heterocycles. The predicted molar refractivity (Wildman–Crippen MR) is 112 cm³/mol. The minimum absolute atomic E-state index is 0.239. The molecule has 0 aliphatic carbocycles. The Kier molecular flexibility index (Phi) is 7.57. The number of nitrogens with zero attached hydrogens (tertiary/aromatic N) is 3. The van der Waals surface area contributed by atoms with Crippen molar-refractivity contribution in [3.05, 3.63) is 66.2 Å². The topological polar surface area (TPSA) is 100 Å². The van der Waals surface area contributed by atoms with E-state index in [0.29, 0.717) is 34.5 Å². The molecule has 2 heterocycles. The SMILES string of the molecule is COCC(O)CSc1cnc(Nc2ccc(C#N)cn2)c(Oc2ccc(F)cc2)c1. The van der Waals surface area contributed by atoms with Crippen LogP contribution >= 0.6 is 11.8 Å². The zero-order valence-electron chi connectivity index (χ0n) is 16.1. The van der Waals surface area contributed by atoms with Crippen LogP contribution in [0.4, 0.5) is 16.0 Å². The standard InChI is InChI=1S/C21H19FN4O3S/c1-28-12-16(27)13-30-18-8-19(29-17-5-3-15(22)4-6-17)21(25-11-18)26-20-7-2-14(9-23)10-24-20/h2-8,10-11,16,27H,12-13H2,1H3,(H,24,25,26). The van der Waals surface area contributed by atoms with Crippen molar-refractivity contribution in [2.45, 2.75) is 11.0 Å². The molecule has 30 heavy (non-hydrogen) atoms. The van der Waals surface area contributed by atoms with Crippen molar-refractivity contribution in [1.29, 1.82) is 5.26 Å². The van der Waals surface area contributed by atoms with E-state index in [1.54, 1.807) is 24.4 Å². The summed E-state index contributed by atoms with van der Waals surface area (Å²) in [4.78, 5) is 9.36. The summed E-state index contributed by atoms with van der Waals surface area (Å²) in [6.07, 6.45) is 2.49. The number of ether oxygens (including phenoxy) is 2. The number of rotatable bonds is 9. The fourth-order valence-electron chi connectivity index (χ4n) is 2.40. The molecule has 0 bridgehead atoms. The van der Waals surface area contributed by atoms with Gasteiger partial charge in [-0.3, -0.25) is 0 Å². The molecule has 154 valence electrons. The first-order valence-electron chi connectivity index (χ1n) is 8.94. The summed E-state index contributed by atoms with van der Waals surface area (Å²) in [7, 11) is 1.53. The summed E-state index contributed by atoms with van der Waals surface area (Å²) in [5.41, 5.74) is 0.442. The molecule has 0 fully saturated rings. The van der Waals surface area contributed by atoms with Gasteiger partial charge >= 0.3 is 0 Å². The second-order valence-electron chi connectivity index (χ2n) is 6.16. The predicted octanol–water partition coefficient (Wildman–Crippen LogP) is 4.12. The van der Waals surface area contributed by atoms with E-state index in [-0.39, 0.29) is 12.4 Å². The molecule has 0 amide bonds. The number of halogens is 1. The van der Waals surface area contributed by atoms with E-state index in [1.165, 1.54) is 49.3 Å². The van der Waals surface area contributed by atoms with Gasteiger partial charge in [0.15, 0.2) is 11.6 Å². The lowest BCUT2D eigenvalue weighted by Crippen LogP contribution is -2.16. The van der Waals surface area contributed by atoms with E-state index in [0.717, 1.165) is 4.90 Å². The molecule has 9 heteroatoms. The molecule has 0 spiro atoms. The summed E-state index contributed by atoms with van der Waals surface area (Å²) in [6.45, 7) is 0.239. The molecule has 0 saturated carbocycles. The molecule has 3 rings (SSSR count). The number of thioether (sulfide) groups is 1. The minimum atomic E-state index is -0.609. The van der Waals surface area contributed by atoms with Crippen LogP contribution in [0.15, 0.2) is 59.8 Å². The molecule has 0 radical (unpaired) electrons. The number of aliphatic hydroxyl groups is 1. The number of nitriles is 1. The van der Waals surface area contributed by atoms with Crippen molar-refractivity contribution in [1.82, 2.24) is 9.97 Å². The quantitative estimate of drug-likeness (QED) is 0.493. The van der Waals surface area contributed by atoms with Crippen LogP contribution in [-0.4, -0.2) is 40.6 Å². The van der Waals surface area contributed by atoms with Gasteiger partial charge in [0.2, 0.25) is 0 Å². The number of nitrogens with one attached hydrogen (secondary N) is 1. The molecule has 0 saturated heterocycles.